The fraction of sp³-hybridized carbons (Fsp3) is 0.182. The van der Waals surface area contributed by atoms with E-state index in [1.54, 1.807) is 24.5 Å². The molecule has 0 bridgehead atoms. The quantitative estimate of drug-likeness (QED) is 0.707. The van der Waals surface area contributed by atoms with Crippen molar-refractivity contribution < 1.29 is 4.79 Å². The van der Waals surface area contributed by atoms with Crippen molar-refractivity contribution in [3.8, 4) is 0 Å². The Morgan fingerprint density at radius 3 is 2.94 bits per heavy atom. The predicted molar refractivity (Wildman–Crippen MR) is 63.3 cm³/mol. The molecule has 0 saturated carbocycles. The van der Waals surface area contributed by atoms with E-state index in [-0.39, 0.29) is 5.91 Å². The molecule has 2 aromatic rings. The Balaban J connectivity index is 1.83. The van der Waals surface area contributed by atoms with Gasteiger partial charge in [0.1, 0.15) is 11.6 Å². The van der Waals surface area contributed by atoms with Crippen LogP contribution in [0.3, 0.4) is 0 Å². The van der Waals surface area contributed by atoms with Crippen molar-refractivity contribution in [1.82, 2.24) is 20.3 Å². The largest absolute Gasteiger partial charge is 0.384 e. The molecule has 17 heavy (non-hydrogen) atoms. The molecule has 0 atom stereocenters. The van der Waals surface area contributed by atoms with E-state index >= 15 is 0 Å². The number of aromatic amines is 1. The van der Waals surface area contributed by atoms with Gasteiger partial charge in [0, 0.05) is 31.6 Å². The Kier molecular flexibility index (Phi) is 3.34. The molecule has 0 radical (unpaired) electrons. The average Bonchev–Trinajstić information content (AvgIpc) is 2.83. The van der Waals surface area contributed by atoms with E-state index in [1.165, 1.54) is 6.20 Å². The van der Waals surface area contributed by atoms with Gasteiger partial charge in [-0.3, -0.25) is 4.79 Å². The summed E-state index contributed by atoms with van der Waals surface area (Å²) in [5.74, 6) is 1.09. The van der Waals surface area contributed by atoms with Crippen LogP contribution in [0.5, 0.6) is 0 Å². The van der Waals surface area contributed by atoms with Crippen LogP contribution >= 0.6 is 0 Å². The molecule has 0 aliphatic carbocycles. The van der Waals surface area contributed by atoms with Crippen LogP contribution < -0.4 is 11.1 Å². The number of rotatable bonds is 4. The Morgan fingerprint density at radius 2 is 2.29 bits per heavy atom. The molecule has 0 aliphatic heterocycles. The monoisotopic (exact) mass is 231 g/mol. The minimum Gasteiger partial charge on any atom is -0.384 e. The first kappa shape index (κ1) is 11.1. The lowest BCUT2D eigenvalue weighted by Crippen LogP contribution is -2.26. The van der Waals surface area contributed by atoms with Crippen LogP contribution in [0, 0.1) is 0 Å². The second kappa shape index (κ2) is 5.11. The molecule has 0 unspecified atom stereocenters. The molecule has 2 heterocycles. The van der Waals surface area contributed by atoms with E-state index < -0.39 is 0 Å². The van der Waals surface area contributed by atoms with Gasteiger partial charge in [-0.2, -0.15) is 0 Å². The van der Waals surface area contributed by atoms with Crippen LogP contribution in [0.2, 0.25) is 0 Å². The first-order valence-electron chi connectivity index (χ1n) is 5.23. The van der Waals surface area contributed by atoms with Gasteiger partial charge in [-0.1, -0.05) is 0 Å². The number of nitrogens with two attached hydrogens (primary N) is 1. The van der Waals surface area contributed by atoms with Gasteiger partial charge in [0.05, 0.1) is 5.56 Å². The van der Waals surface area contributed by atoms with Crippen LogP contribution in [-0.2, 0) is 6.42 Å². The first-order chi connectivity index (χ1) is 8.25. The van der Waals surface area contributed by atoms with Crippen LogP contribution in [0.1, 0.15) is 16.2 Å². The number of nitrogen functional groups attached to an aromatic ring is 1. The Bertz CT molecular complexity index is 477. The summed E-state index contributed by atoms with van der Waals surface area (Å²) in [5, 5.41) is 2.78. The van der Waals surface area contributed by atoms with Crippen molar-refractivity contribution in [3.05, 3.63) is 42.1 Å². The molecular weight excluding hydrogens is 218 g/mol. The first-order valence-corrected chi connectivity index (χ1v) is 5.23. The van der Waals surface area contributed by atoms with E-state index in [0.717, 1.165) is 5.82 Å². The SMILES string of the molecule is Nc1ccc(C(=O)NCCc2ncc[nH]2)cn1. The normalized spacial score (nSPS) is 10.1. The van der Waals surface area contributed by atoms with E-state index in [0.29, 0.717) is 24.3 Å². The van der Waals surface area contributed by atoms with Gasteiger partial charge in [-0.15, -0.1) is 0 Å². The molecule has 6 nitrogen and oxygen atoms in total. The predicted octanol–water partition coefficient (Wildman–Crippen LogP) is 0.359. The zero-order chi connectivity index (χ0) is 12.1. The molecule has 2 aromatic heterocycles. The highest BCUT2D eigenvalue weighted by Gasteiger charge is 2.05. The smallest absolute Gasteiger partial charge is 0.252 e. The van der Waals surface area contributed by atoms with Gasteiger partial charge in [-0.25, -0.2) is 9.97 Å². The summed E-state index contributed by atoms with van der Waals surface area (Å²) in [6.07, 6.45) is 5.56. The highest BCUT2D eigenvalue weighted by Crippen LogP contribution is 2.00. The second-order valence-electron chi connectivity index (χ2n) is 3.51. The second-order valence-corrected chi connectivity index (χ2v) is 3.51. The van der Waals surface area contributed by atoms with Crippen molar-refractivity contribution in [2.75, 3.05) is 12.3 Å². The minimum absolute atomic E-state index is 0.163. The molecule has 0 aromatic carbocycles. The minimum atomic E-state index is -0.163. The zero-order valence-electron chi connectivity index (χ0n) is 9.18. The molecule has 0 fully saturated rings. The number of hydrogen-bond acceptors (Lipinski definition) is 4. The van der Waals surface area contributed by atoms with E-state index in [4.69, 9.17) is 5.73 Å². The van der Waals surface area contributed by atoms with Gasteiger partial charge in [0.2, 0.25) is 0 Å². The number of carbonyl (C=O) groups excluding carboxylic acids is 1. The van der Waals surface area contributed by atoms with Gasteiger partial charge in [0.15, 0.2) is 0 Å². The van der Waals surface area contributed by atoms with Crippen LogP contribution in [0.15, 0.2) is 30.7 Å². The van der Waals surface area contributed by atoms with Gasteiger partial charge < -0.3 is 16.0 Å². The fourth-order valence-corrected chi connectivity index (χ4v) is 1.37. The number of imidazole rings is 1. The maximum absolute atomic E-state index is 11.7. The lowest BCUT2D eigenvalue weighted by atomic mass is 10.2. The third kappa shape index (κ3) is 3.04. The molecular formula is C11H13N5O. The number of aromatic nitrogens is 3. The maximum Gasteiger partial charge on any atom is 0.252 e. The topological polar surface area (TPSA) is 96.7 Å². The van der Waals surface area contributed by atoms with Gasteiger partial charge in [0.25, 0.3) is 5.91 Å². The van der Waals surface area contributed by atoms with E-state index in [9.17, 15) is 4.79 Å². The number of nitrogens with one attached hydrogen (secondary N) is 2. The number of amides is 1. The number of carbonyl (C=O) groups is 1. The summed E-state index contributed by atoms with van der Waals surface area (Å²) in [6, 6.07) is 3.24. The molecule has 1 amide bonds. The number of H-pyrrole nitrogens is 1. The van der Waals surface area contributed by atoms with E-state index in [1.807, 2.05) is 0 Å². The summed E-state index contributed by atoms with van der Waals surface area (Å²) >= 11 is 0. The summed E-state index contributed by atoms with van der Waals surface area (Å²) in [5.41, 5.74) is 5.93. The standard InChI is InChI=1S/C11H13N5O/c12-9-2-1-8(7-16-9)11(17)15-4-3-10-13-5-6-14-10/h1-2,5-7H,3-4H2,(H2,12,16)(H,13,14)(H,15,17). The molecule has 0 saturated heterocycles. The summed E-state index contributed by atoms with van der Waals surface area (Å²) < 4.78 is 0. The number of hydrogen-bond donors (Lipinski definition) is 3. The number of pyridine rings is 1. The van der Waals surface area contributed by atoms with Crippen molar-refractivity contribution in [3.63, 3.8) is 0 Å². The summed E-state index contributed by atoms with van der Waals surface area (Å²) in [6.45, 7) is 0.525. The van der Waals surface area contributed by atoms with Crippen LogP contribution in [-0.4, -0.2) is 27.4 Å². The Morgan fingerprint density at radius 1 is 1.41 bits per heavy atom. The van der Waals surface area contributed by atoms with Gasteiger partial charge in [-0.05, 0) is 12.1 Å². The lowest BCUT2D eigenvalue weighted by Gasteiger charge is -2.03. The van der Waals surface area contributed by atoms with Crippen LogP contribution in [0.25, 0.3) is 0 Å². The highest BCUT2D eigenvalue weighted by atomic mass is 16.1. The third-order valence-corrected chi connectivity index (χ3v) is 2.25. The Hall–Kier alpha value is -2.37. The van der Waals surface area contributed by atoms with E-state index in [2.05, 4.69) is 20.3 Å². The molecule has 2 rings (SSSR count). The summed E-state index contributed by atoms with van der Waals surface area (Å²) in [4.78, 5) is 22.5. The lowest BCUT2D eigenvalue weighted by molar-refractivity contribution is 0.0953. The third-order valence-electron chi connectivity index (χ3n) is 2.25. The molecule has 0 aliphatic rings. The molecule has 88 valence electrons. The number of nitrogens with zero attached hydrogens (tertiary/aromatic N) is 2. The van der Waals surface area contributed by atoms with Crippen molar-refractivity contribution in [2.24, 2.45) is 0 Å². The fourth-order valence-electron chi connectivity index (χ4n) is 1.37. The molecule has 0 spiro atoms. The summed E-state index contributed by atoms with van der Waals surface area (Å²) in [7, 11) is 0. The molecule has 6 heteroatoms. The average molecular weight is 231 g/mol. The Labute approximate surface area is 98.3 Å². The van der Waals surface area contributed by atoms with Crippen molar-refractivity contribution >= 4 is 11.7 Å². The zero-order valence-corrected chi connectivity index (χ0v) is 9.18. The highest BCUT2D eigenvalue weighted by molar-refractivity contribution is 5.93. The van der Waals surface area contributed by atoms with Crippen molar-refractivity contribution in [1.29, 1.82) is 0 Å². The maximum atomic E-state index is 11.7. The number of anilines is 1. The van der Waals surface area contributed by atoms with Gasteiger partial charge >= 0.3 is 0 Å². The molecule has 4 N–H and O–H groups in total. The van der Waals surface area contributed by atoms with Crippen molar-refractivity contribution in [2.45, 2.75) is 6.42 Å². The van der Waals surface area contributed by atoms with Crippen LogP contribution in [0.4, 0.5) is 5.82 Å².